The molecule has 0 spiro atoms. The summed E-state index contributed by atoms with van der Waals surface area (Å²) in [5.41, 5.74) is 6.53. The van der Waals surface area contributed by atoms with Crippen molar-refractivity contribution in [2.24, 2.45) is 5.73 Å². The first-order valence-corrected chi connectivity index (χ1v) is 10.7. The van der Waals surface area contributed by atoms with E-state index in [1.54, 1.807) is 24.3 Å². The Labute approximate surface area is 188 Å². The van der Waals surface area contributed by atoms with Crippen LogP contribution in [0.5, 0.6) is 17.2 Å². The maximum atomic E-state index is 10.4. The topological polar surface area (TPSA) is 84.9 Å². The van der Waals surface area contributed by atoms with Gasteiger partial charge in [-0.1, -0.05) is 67.4 Å². The molecule has 4 N–H and O–H groups in total. The second kappa shape index (κ2) is 10.6. The summed E-state index contributed by atoms with van der Waals surface area (Å²) in [5, 5.41) is 20.6. The van der Waals surface area contributed by atoms with Crippen LogP contribution in [0.2, 0.25) is 5.02 Å². The van der Waals surface area contributed by atoms with Crippen molar-refractivity contribution in [2.75, 3.05) is 6.61 Å². The number of benzene rings is 3. The zero-order valence-corrected chi connectivity index (χ0v) is 18.3. The van der Waals surface area contributed by atoms with Crippen molar-refractivity contribution in [1.29, 1.82) is 0 Å². The summed E-state index contributed by atoms with van der Waals surface area (Å²) in [6.07, 6.45) is 0.286. The van der Waals surface area contributed by atoms with Gasteiger partial charge in [0.1, 0.15) is 23.9 Å². The summed E-state index contributed by atoms with van der Waals surface area (Å²) in [6.45, 7) is 1.98. The lowest BCUT2D eigenvalue weighted by molar-refractivity contribution is 0.0347. The largest absolute Gasteiger partial charge is 0.489 e. The molecule has 2 unspecified atom stereocenters. The molecular formula is C25H28ClNO4. The van der Waals surface area contributed by atoms with Gasteiger partial charge in [0, 0.05) is 11.1 Å². The number of nitrogens with two attached hydrogens (primary N) is 1. The third kappa shape index (κ3) is 5.77. The van der Waals surface area contributed by atoms with Gasteiger partial charge in [0.2, 0.25) is 0 Å². The van der Waals surface area contributed by atoms with Gasteiger partial charge in [-0.3, -0.25) is 0 Å². The van der Waals surface area contributed by atoms with Gasteiger partial charge in [-0.05, 0) is 41.8 Å². The molecule has 0 aliphatic carbocycles. The minimum atomic E-state index is -1.34. The number of halogens is 1. The highest BCUT2D eigenvalue weighted by Crippen LogP contribution is 2.35. The van der Waals surface area contributed by atoms with E-state index in [1.165, 1.54) is 0 Å². The Kier molecular flexibility index (Phi) is 7.93. The molecule has 0 aromatic heterocycles. The van der Waals surface area contributed by atoms with E-state index >= 15 is 0 Å². The predicted molar refractivity (Wildman–Crippen MR) is 123 cm³/mol. The van der Waals surface area contributed by atoms with E-state index in [1.807, 2.05) is 55.5 Å². The van der Waals surface area contributed by atoms with Gasteiger partial charge in [-0.15, -0.1) is 0 Å². The highest BCUT2D eigenvalue weighted by Gasteiger charge is 2.36. The van der Waals surface area contributed by atoms with Crippen LogP contribution in [-0.2, 0) is 12.1 Å². The molecule has 0 aliphatic heterocycles. The summed E-state index contributed by atoms with van der Waals surface area (Å²) >= 11 is 6.44. The predicted octanol–water partition coefficient (Wildman–Crippen LogP) is 5.02. The first-order valence-electron chi connectivity index (χ1n) is 10.3. The van der Waals surface area contributed by atoms with Crippen LogP contribution < -0.4 is 15.2 Å². The number of aliphatic hydroxyl groups is 2. The van der Waals surface area contributed by atoms with E-state index in [0.717, 1.165) is 12.0 Å². The second-order valence-corrected chi connectivity index (χ2v) is 7.90. The van der Waals surface area contributed by atoms with Crippen molar-refractivity contribution < 1.29 is 19.7 Å². The Morgan fingerprint density at radius 3 is 2.35 bits per heavy atom. The fourth-order valence-electron chi connectivity index (χ4n) is 3.34. The first-order chi connectivity index (χ1) is 15.0. The fraction of sp³-hybridized carbons (Fsp3) is 0.280. The SMILES string of the molecule is CCCC(O)C(N)(CO)c1ccc(Oc2cccc(OCc3ccccc3)c2)cc1Cl. The van der Waals surface area contributed by atoms with Gasteiger partial charge in [-0.2, -0.15) is 0 Å². The van der Waals surface area contributed by atoms with Gasteiger partial charge >= 0.3 is 0 Å². The van der Waals surface area contributed by atoms with E-state index < -0.39 is 18.2 Å². The third-order valence-electron chi connectivity index (χ3n) is 5.15. The number of aliphatic hydroxyl groups excluding tert-OH is 2. The molecule has 0 amide bonds. The van der Waals surface area contributed by atoms with Crippen LogP contribution in [0.3, 0.4) is 0 Å². The Morgan fingerprint density at radius 2 is 1.68 bits per heavy atom. The molecular weight excluding hydrogens is 414 g/mol. The van der Waals surface area contributed by atoms with Crippen LogP contribution in [0.4, 0.5) is 0 Å². The van der Waals surface area contributed by atoms with Crippen molar-refractivity contribution >= 4 is 11.6 Å². The average Bonchev–Trinajstić information content (AvgIpc) is 2.78. The van der Waals surface area contributed by atoms with Crippen molar-refractivity contribution in [3.63, 3.8) is 0 Å². The number of rotatable bonds is 10. The minimum Gasteiger partial charge on any atom is -0.489 e. The Morgan fingerprint density at radius 1 is 0.968 bits per heavy atom. The third-order valence-corrected chi connectivity index (χ3v) is 5.46. The van der Waals surface area contributed by atoms with Gasteiger partial charge in [-0.25, -0.2) is 0 Å². The summed E-state index contributed by atoms with van der Waals surface area (Å²) in [7, 11) is 0. The standard InChI is InChI=1S/C25H28ClNO4/c1-2-7-24(29)25(27,17-28)22-13-12-21(15-23(22)26)31-20-11-6-10-19(14-20)30-16-18-8-4-3-5-9-18/h3-6,8-15,24,28-29H,2,7,16-17,27H2,1H3. The smallest absolute Gasteiger partial charge is 0.131 e. The van der Waals surface area contributed by atoms with E-state index in [-0.39, 0.29) is 0 Å². The van der Waals surface area contributed by atoms with Crippen LogP contribution in [0.1, 0.15) is 30.9 Å². The zero-order chi connectivity index (χ0) is 22.3. The molecule has 31 heavy (non-hydrogen) atoms. The molecule has 6 heteroatoms. The lowest BCUT2D eigenvalue weighted by atomic mass is 9.84. The maximum absolute atomic E-state index is 10.4. The van der Waals surface area contributed by atoms with Crippen molar-refractivity contribution in [3.8, 4) is 17.2 Å². The summed E-state index contributed by atoms with van der Waals surface area (Å²) in [4.78, 5) is 0. The number of ether oxygens (including phenoxy) is 2. The monoisotopic (exact) mass is 441 g/mol. The molecule has 0 heterocycles. The molecule has 3 aromatic carbocycles. The molecule has 0 fully saturated rings. The van der Waals surface area contributed by atoms with Gasteiger partial charge < -0.3 is 25.4 Å². The highest BCUT2D eigenvalue weighted by atomic mass is 35.5. The van der Waals surface area contributed by atoms with Gasteiger partial charge in [0.25, 0.3) is 0 Å². The summed E-state index contributed by atoms with van der Waals surface area (Å²) < 4.78 is 11.8. The van der Waals surface area contributed by atoms with E-state index in [4.69, 9.17) is 26.8 Å². The molecule has 2 atom stereocenters. The summed E-state index contributed by atoms with van der Waals surface area (Å²) in [5.74, 6) is 1.80. The molecule has 0 saturated heterocycles. The Balaban J connectivity index is 1.72. The van der Waals surface area contributed by atoms with Crippen LogP contribution in [0.25, 0.3) is 0 Å². The molecule has 0 saturated carbocycles. The molecule has 0 aliphatic rings. The van der Waals surface area contributed by atoms with Crippen molar-refractivity contribution in [2.45, 2.75) is 38.0 Å². The molecule has 3 rings (SSSR count). The molecule has 5 nitrogen and oxygen atoms in total. The van der Waals surface area contributed by atoms with E-state index in [0.29, 0.717) is 40.9 Å². The normalized spacial score (nSPS) is 14.0. The lowest BCUT2D eigenvalue weighted by Crippen LogP contribution is -2.51. The molecule has 0 radical (unpaired) electrons. The first kappa shape index (κ1) is 23.1. The molecule has 164 valence electrons. The van der Waals surface area contributed by atoms with E-state index in [9.17, 15) is 10.2 Å². The Bertz CT molecular complexity index is 982. The zero-order valence-electron chi connectivity index (χ0n) is 17.5. The highest BCUT2D eigenvalue weighted by molar-refractivity contribution is 6.31. The fourth-order valence-corrected chi connectivity index (χ4v) is 3.69. The maximum Gasteiger partial charge on any atom is 0.131 e. The number of hydrogen-bond donors (Lipinski definition) is 3. The van der Waals surface area contributed by atoms with Gasteiger partial charge in [0.05, 0.1) is 18.2 Å². The lowest BCUT2D eigenvalue weighted by Gasteiger charge is -2.33. The van der Waals surface area contributed by atoms with Gasteiger partial charge in [0.15, 0.2) is 0 Å². The Hall–Kier alpha value is -2.57. The quantitative estimate of drug-likeness (QED) is 0.411. The molecule has 0 bridgehead atoms. The van der Waals surface area contributed by atoms with Crippen LogP contribution in [0.15, 0.2) is 72.8 Å². The molecule has 3 aromatic rings. The number of hydrogen-bond acceptors (Lipinski definition) is 5. The summed E-state index contributed by atoms with van der Waals surface area (Å²) in [6, 6.07) is 22.3. The second-order valence-electron chi connectivity index (χ2n) is 7.50. The van der Waals surface area contributed by atoms with Crippen molar-refractivity contribution in [3.05, 3.63) is 88.9 Å². The van der Waals surface area contributed by atoms with Crippen molar-refractivity contribution in [1.82, 2.24) is 0 Å². The van der Waals surface area contributed by atoms with Crippen LogP contribution in [-0.4, -0.2) is 22.9 Å². The van der Waals surface area contributed by atoms with E-state index in [2.05, 4.69) is 0 Å². The van der Waals surface area contributed by atoms with Crippen LogP contribution in [0, 0.1) is 0 Å². The van der Waals surface area contributed by atoms with Crippen LogP contribution >= 0.6 is 11.6 Å². The minimum absolute atomic E-state index is 0.320. The average molecular weight is 442 g/mol.